The number of nitrogens with zero attached hydrogens (tertiary/aromatic N) is 1. The van der Waals surface area contributed by atoms with E-state index in [-0.39, 0.29) is 17.2 Å². The van der Waals surface area contributed by atoms with Crippen LogP contribution in [0.4, 0.5) is 0 Å². The van der Waals surface area contributed by atoms with Crippen molar-refractivity contribution in [2.24, 2.45) is 11.5 Å². The maximum Gasteiger partial charge on any atom is 0.267 e. The van der Waals surface area contributed by atoms with Crippen LogP contribution in [0.5, 0.6) is 0 Å². The van der Waals surface area contributed by atoms with Crippen molar-refractivity contribution in [1.29, 1.82) is 5.41 Å². The Balaban J connectivity index is 3.27. The fraction of sp³-hybridized carbons (Fsp3) is 0.125. The fourth-order valence-electron chi connectivity index (χ4n) is 0.928. The smallest absolute Gasteiger partial charge is 0.267 e. The second kappa shape index (κ2) is 3.22. The lowest BCUT2D eigenvalue weighted by Crippen LogP contribution is -2.19. The van der Waals surface area contributed by atoms with Crippen molar-refractivity contribution in [1.82, 2.24) is 4.98 Å². The zero-order chi connectivity index (χ0) is 10.0. The average Bonchev–Trinajstić information content (AvgIpc) is 2.04. The number of primary amides is 1. The van der Waals surface area contributed by atoms with Gasteiger partial charge in [-0.1, -0.05) is 6.07 Å². The summed E-state index contributed by atoms with van der Waals surface area (Å²) in [5.74, 6) is -0.789. The SMILES string of the molecule is Cc1ccc(C(=N)N)nc1C(N)=O. The minimum atomic E-state index is -0.611. The molecule has 5 N–H and O–H groups in total. The first-order valence-corrected chi connectivity index (χ1v) is 3.64. The Hall–Kier alpha value is -1.91. The van der Waals surface area contributed by atoms with Gasteiger partial charge in [0.15, 0.2) is 0 Å². The number of nitrogens with two attached hydrogens (primary N) is 2. The third-order valence-electron chi connectivity index (χ3n) is 1.61. The number of hydrogen-bond acceptors (Lipinski definition) is 3. The zero-order valence-corrected chi connectivity index (χ0v) is 7.16. The van der Waals surface area contributed by atoms with Gasteiger partial charge >= 0.3 is 0 Å². The van der Waals surface area contributed by atoms with Crippen molar-refractivity contribution in [2.45, 2.75) is 6.92 Å². The van der Waals surface area contributed by atoms with Crippen LogP contribution in [0, 0.1) is 12.3 Å². The maximum absolute atomic E-state index is 10.8. The molecular formula is C8H10N4O. The summed E-state index contributed by atoms with van der Waals surface area (Å²) in [4.78, 5) is 14.7. The third-order valence-corrected chi connectivity index (χ3v) is 1.61. The van der Waals surface area contributed by atoms with E-state index >= 15 is 0 Å². The summed E-state index contributed by atoms with van der Waals surface area (Å²) in [7, 11) is 0. The van der Waals surface area contributed by atoms with Crippen LogP contribution in [0.2, 0.25) is 0 Å². The van der Waals surface area contributed by atoms with Gasteiger partial charge in [-0.15, -0.1) is 0 Å². The molecule has 1 heterocycles. The third kappa shape index (κ3) is 1.81. The number of aromatic nitrogens is 1. The van der Waals surface area contributed by atoms with E-state index in [9.17, 15) is 4.79 Å². The minimum absolute atomic E-state index is 0.160. The summed E-state index contributed by atoms with van der Waals surface area (Å²) >= 11 is 0. The Morgan fingerprint density at radius 1 is 1.46 bits per heavy atom. The molecule has 0 saturated carbocycles. The van der Waals surface area contributed by atoms with E-state index in [0.717, 1.165) is 0 Å². The molecule has 0 aromatic carbocycles. The molecule has 68 valence electrons. The van der Waals surface area contributed by atoms with Gasteiger partial charge < -0.3 is 11.5 Å². The Morgan fingerprint density at radius 3 is 2.54 bits per heavy atom. The van der Waals surface area contributed by atoms with Crippen LogP contribution < -0.4 is 11.5 Å². The lowest BCUT2D eigenvalue weighted by molar-refractivity contribution is 0.0995. The number of carbonyl (C=O) groups excluding carboxylic acids is 1. The first kappa shape index (κ1) is 9.18. The summed E-state index contributed by atoms with van der Waals surface area (Å²) < 4.78 is 0. The van der Waals surface area contributed by atoms with Crippen molar-refractivity contribution in [3.05, 3.63) is 29.1 Å². The van der Waals surface area contributed by atoms with Crippen molar-refractivity contribution < 1.29 is 4.79 Å². The number of amides is 1. The van der Waals surface area contributed by atoms with E-state index in [0.29, 0.717) is 5.56 Å². The summed E-state index contributed by atoms with van der Waals surface area (Å²) in [6.45, 7) is 1.72. The van der Waals surface area contributed by atoms with E-state index in [1.165, 1.54) is 0 Å². The molecule has 0 bridgehead atoms. The summed E-state index contributed by atoms with van der Waals surface area (Å²) in [6, 6.07) is 3.23. The lowest BCUT2D eigenvalue weighted by Gasteiger charge is -2.02. The Morgan fingerprint density at radius 2 is 2.08 bits per heavy atom. The average molecular weight is 178 g/mol. The molecule has 1 aromatic heterocycles. The second-order valence-corrected chi connectivity index (χ2v) is 2.64. The number of pyridine rings is 1. The highest BCUT2D eigenvalue weighted by molar-refractivity contribution is 5.96. The molecule has 13 heavy (non-hydrogen) atoms. The molecule has 0 aliphatic carbocycles. The molecule has 0 radical (unpaired) electrons. The van der Waals surface area contributed by atoms with Gasteiger partial charge in [-0.3, -0.25) is 10.2 Å². The molecule has 1 aromatic rings. The van der Waals surface area contributed by atoms with Crippen molar-refractivity contribution in [3.8, 4) is 0 Å². The first-order chi connectivity index (χ1) is 6.02. The molecule has 5 heteroatoms. The zero-order valence-electron chi connectivity index (χ0n) is 7.16. The second-order valence-electron chi connectivity index (χ2n) is 2.64. The predicted molar refractivity (Wildman–Crippen MR) is 48.5 cm³/mol. The van der Waals surface area contributed by atoms with Crippen LogP contribution in [0.15, 0.2) is 12.1 Å². The number of rotatable bonds is 2. The first-order valence-electron chi connectivity index (χ1n) is 3.64. The Kier molecular flexibility index (Phi) is 2.27. The molecule has 0 saturated heterocycles. The molecule has 0 aliphatic heterocycles. The van der Waals surface area contributed by atoms with Crippen LogP contribution in [0.25, 0.3) is 0 Å². The van der Waals surface area contributed by atoms with Gasteiger partial charge in [0.1, 0.15) is 17.2 Å². The van der Waals surface area contributed by atoms with E-state index in [1.807, 2.05) is 0 Å². The summed E-state index contributed by atoms with van der Waals surface area (Å²) in [5, 5.41) is 7.11. The molecular weight excluding hydrogens is 168 g/mol. The van der Waals surface area contributed by atoms with Crippen LogP contribution in [-0.2, 0) is 0 Å². The normalized spacial score (nSPS) is 9.62. The highest BCUT2D eigenvalue weighted by atomic mass is 16.1. The van der Waals surface area contributed by atoms with Crippen LogP contribution >= 0.6 is 0 Å². The van der Waals surface area contributed by atoms with E-state index in [1.54, 1.807) is 19.1 Å². The van der Waals surface area contributed by atoms with Crippen molar-refractivity contribution in [2.75, 3.05) is 0 Å². The number of carbonyl (C=O) groups is 1. The maximum atomic E-state index is 10.8. The largest absolute Gasteiger partial charge is 0.382 e. The Bertz CT molecular complexity index is 372. The molecule has 1 rings (SSSR count). The lowest BCUT2D eigenvalue weighted by atomic mass is 10.2. The summed E-state index contributed by atoms with van der Waals surface area (Å²) in [5.41, 5.74) is 11.4. The van der Waals surface area contributed by atoms with Gasteiger partial charge in [0.25, 0.3) is 5.91 Å². The van der Waals surface area contributed by atoms with Gasteiger partial charge in [-0.25, -0.2) is 4.98 Å². The molecule has 0 unspecified atom stereocenters. The van der Waals surface area contributed by atoms with Gasteiger partial charge in [0.05, 0.1) is 0 Å². The number of amidine groups is 1. The topological polar surface area (TPSA) is 106 Å². The van der Waals surface area contributed by atoms with Crippen LogP contribution in [0.1, 0.15) is 21.7 Å². The van der Waals surface area contributed by atoms with Gasteiger partial charge in [-0.05, 0) is 18.6 Å². The number of hydrogen-bond donors (Lipinski definition) is 3. The number of nitrogen functional groups attached to an aromatic ring is 1. The van der Waals surface area contributed by atoms with Gasteiger partial charge in [0, 0.05) is 0 Å². The van der Waals surface area contributed by atoms with Crippen LogP contribution in [0.3, 0.4) is 0 Å². The molecule has 0 fully saturated rings. The minimum Gasteiger partial charge on any atom is -0.382 e. The molecule has 1 amide bonds. The summed E-state index contributed by atoms with van der Waals surface area (Å²) in [6.07, 6.45) is 0. The number of nitrogens with one attached hydrogen (secondary N) is 1. The van der Waals surface area contributed by atoms with Crippen LogP contribution in [-0.4, -0.2) is 16.7 Å². The van der Waals surface area contributed by atoms with Crippen molar-refractivity contribution >= 4 is 11.7 Å². The fourth-order valence-corrected chi connectivity index (χ4v) is 0.928. The van der Waals surface area contributed by atoms with Gasteiger partial charge in [0.2, 0.25) is 0 Å². The molecule has 5 nitrogen and oxygen atoms in total. The highest BCUT2D eigenvalue weighted by Gasteiger charge is 2.08. The number of aryl methyl sites for hydroxylation is 1. The molecule has 0 aliphatic rings. The Labute approximate surface area is 75.3 Å². The predicted octanol–water partition coefficient (Wildman–Crippen LogP) is -0.227. The quantitative estimate of drug-likeness (QED) is 0.430. The van der Waals surface area contributed by atoms with Crippen molar-refractivity contribution in [3.63, 3.8) is 0 Å². The molecule has 0 atom stereocenters. The van der Waals surface area contributed by atoms with E-state index < -0.39 is 5.91 Å². The molecule has 0 spiro atoms. The van der Waals surface area contributed by atoms with E-state index in [2.05, 4.69) is 4.98 Å². The monoisotopic (exact) mass is 178 g/mol. The van der Waals surface area contributed by atoms with Gasteiger partial charge in [-0.2, -0.15) is 0 Å². The standard InChI is InChI=1S/C8H10N4O/c1-4-2-3-5(7(9)10)12-6(4)8(11)13/h2-3H,1H3,(H3,9,10)(H2,11,13). The van der Waals surface area contributed by atoms with E-state index in [4.69, 9.17) is 16.9 Å². The highest BCUT2D eigenvalue weighted by Crippen LogP contribution is 2.05.